The minimum atomic E-state index is -1.49. The first-order valence-electron chi connectivity index (χ1n) is 7.96. The molecular weight excluding hydrogens is 294 g/mol. The van der Waals surface area contributed by atoms with Crippen LogP contribution in [-0.4, -0.2) is 50.0 Å². The highest BCUT2D eigenvalue weighted by molar-refractivity contribution is 6.00. The molecule has 7 nitrogen and oxygen atoms in total. The second-order valence-corrected chi connectivity index (χ2v) is 7.25. The molecule has 0 aromatic carbocycles. The Balaban J connectivity index is 1.93. The summed E-state index contributed by atoms with van der Waals surface area (Å²) in [5.74, 6) is -1.30. The molecule has 7 heteroatoms. The summed E-state index contributed by atoms with van der Waals surface area (Å²) < 4.78 is 11.1. The molecule has 122 valence electrons. The van der Waals surface area contributed by atoms with Gasteiger partial charge in [0.15, 0.2) is 5.41 Å². The number of hydrogen-bond acceptors (Lipinski definition) is 7. The van der Waals surface area contributed by atoms with Gasteiger partial charge in [0, 0.05) is 31.7 Å². The van der Waals surface area contributed by atoms with Crippen LogP contribution in [0.2, 0.25) is 0 Å². The average Bonchev–Trinajstić information content (AvgIpc) is 2.89. The quantitative estimate of drug-likeness (QED) is 0.747. The third-order valence-corrected chi connectivity index (χ3v) is 7.10. The van der Waals surface area contributed by atoms with E-state index in [4.69, 9.17) is 15.2 Å². The van der Waals surface area contributed by atoms with E-state index in [-0.39, 0.29) is 5.84 Å². The Morgan fingerprint density at radius 3 is 2.17 bits per heavy atom. The molecule has 4 aliphatic rings. The van der Waals surface area contributed by atoms with Gasteiger partial charge in [0.2, 0.25) is 0 Å². The van der Waals surface area contributed by atoms with Crippen LogP contribution in [0.1, 0.15) is 25.7 Å². The van der Waals surface area contributed by atoms with Crippen molar-refractivity contribution in [2.24, 2.45) is 27.0 Å². The van der Waals surface area contributed by atoms with Gasteiger partial charge in [-0.25, -0.2) is 4.99 Å². The van der Waals surface area contributed by atoms with Crippen molar-refractivity contribution in [2.45, 2.75) is 43.7 Å². The Morgan fingerprint density at radius 1 is 1.17 bits per heavy atom. The van der Waals surface area contributed by atoms with Gasteiger partial charge in [-0.3, -0.25) is 0 Å². The minimum Gasteiger partial charge on any atom is -0.386 e. The van der Waals surface area contributed by atoms with Crippen LogP contribution < -0.4 is 5.73 Å². The Bertz CT molecular complexity index is 674. The van der Waals surface area contributed by atoms with Gasteiger partial charge in [0.25, 0.3) is 5.91 Å². The minimum absolute atomic E-state index is 0.189. The molecule has 3 aliphatic heterocycles. The fraction of sp³-hybridized carbons (Fsp3) is 0.812. The van der Waals surface area contributed by atoms with Crippen LogP contribution in [0.15, 0.2) is 4.99 Å². The van der Waals surface area contributed by atoms with Gasteiger partial charge in [-0.1, -0.05) is 0 Å². The van der Waals surface area contributed by atoms with Gasteiger partial charge in [-0.15, -0.1) is 0 Å². The van der Waals surface area contributed by atoms with Crippen molar-refractivity contribution < 1.29 is 9.47 Å². The van der Waals surface area contributed by atoms with Gasteiger partial charge in [0.05, 0.1) is 12.1 Å². The molecule has 3 heterocycles. The third kappa shape index (κ3) is 1.11. The molecule has 1 saturated carbocycles. The molecule has 5 atom stereocenters. The van der Waals surface area contributed by atoms with E-state index in [0.717, 1.165) is 25.7 Å². The van der Waals surface area contributed by atoms with E-state index in [9.17, 15) is 10.5 Å². The first-order valence-corrected chi connectivity index (χ1v) is 7.96. The molecule has 23 heavy (non-hydrogen) atoms. The molecule has 3 fully saturated rings. The highest BCUT2D eigenvalue weighted by Crippen LogP contribution is 2.89. The van der Waals surface area contributed by atoms with Gasteiger partial charge in [0.1, 0.15) is 11.3 Å². The first kappa shape index (κ1) is 14.9. The average molecular weight is 315 g/mol. The molecule has 4 rings (SSSR count). The van der Waals surface area contributed by atoms with Crippen LogP contribution in [-0.2, 0) is 9.47 Å². The number of piperidine rings is 1. The topological polar surface area (TPSA) is 108 Å². The Labute approximate surface area is 135 Å². The summed E-state index contributed by atoms with van der Waals surface area (Å²) in [7, 11) is 5.05. The summed E-state index contributed by atoms with van der Waals surface area (Å²) >= 11 is 0. The summed E-state index contributed by atoms with van der Waals surface area (Å²) in [6, 6.07) is 5.49. The zero-order valence-electron chi connectivity index (χ0n) is 13.7. The lowest BCUT2D eigenvalue weighted by molar-refractivity contribution is -0.239. The van der Waals surface area contributed by atoms with E-state index in [1.807, 2.05) is 0 Å². The monoisotopic (exact) mass is 315 g/mol. The van der Waals surface area contributed by atoms with Crippen LogP contribution in [0.4, 0.5) is 0 Å². The summed E-state index contributed by atoms with van der Waals surface area (Å²) in [5.41, 5.74) is 3.39. The zero-order chi connectivity index (χ0) is 16.7. The maximum absolute atomic E-state index is 10.2. The van der Waals surface area contributed by atoms with Crippen LogP contribution in [0, 0.1) is 38.9 Å². The number of aliphatic imine (C=N–C) groups is 1. The van der Waals surface area contributed by atoms with Gasteiger partial charge in [-0.2, -0.15) is 10.5 Å². The summed E-state index contributed by atoms with van der Waals surface area (Å²) in [4.78, 5) is 6.68. The first-order chi connectivity index (χ1) is 11.0. The molecule has 1 unspecified atom stereocenters. The number of hydrogen-bond donors (Lipinski definition) is 1. The molecule has 0 radical (unpaired) electrons. The van der Waals surface area contributed by atoms with Crippen molar-refractivity contribution in [1.82, 2.24) is 4.90 Å². The van der Waals surface area contributed by atoms with Gasteiger partial charge < -0.3 is 20.1 Å². The fourth-order valence-electron chi connectivity index (χ4n) is 6.07. The summed E-state index contributed by atoms with van der Waals surface area (Å²) in [5, 5.41) is 20.2. The molecule has 2 N–H and O–H groups in total. The van der Waals surface area contributed by atoms with E-state index in [1.165, 1.54) is 14.2 Å². The second-order valence-electron chi connectivity index (χ2n) is 7.25. The zero-order valence-corrected chi connectivity index (χ0v) is 13.7. The maximum atomic E-state index is 10.2. The molecule has 1 spiro atoms. The molecule has 1 aliphatic carbocycles. The van der Waals surface area contributed by atoms with Crippen molar-refractivity contribution >= 4 is 5.84 Å². The Hall–Kier alpha value is -1.67. The number of nitrogens with zero attached hydrogens (tertiary/aromatic N) is 4. The number of fused-ring (bicyclic) bond motifs is 5. The smallest absolute Gasteiger partial charge is 0.292 e. The Kier molecular flexibility index (Phi) is 2.62. The highest BCUT2D eigenvalue weighted by Gasteiger charge is 3.01. The van der Waals surface area contributed by atoms with E-state index >= 15 is 0 Å². The predicted molar refractivity (Wildman–Crippen MR) is 80.7 cm³/mol. The Morgan fingerprint density at radius 2 is 1.74 bits per heavy atom. The molecule has 2 bridgehead atoms. The van der Waals surface area contributed by atoms with Crippen LogP contribution in [0.5, 0.6) is 0 Å². The van der Waals surface area contributed by atoms with E-state index < -0.39 is 22.2 Å². The number of amidine groups is 1. The molecule has 0 aromatic rings. The lowest BCUT2D eigenvalue weighted by atomic mass is 9.77. The standard InChI is InChI=1S/C16H21N5O2/c1-21-10-4-5-11(21)7-13(6-10)14(8-17)12(19)20-16(22-2,23-3)15(13,14)9-18/h10-11H,4-7H2,1-3H3,(H2,19,20)/t10-,11+,13?,14-,15-/m0/s1. The van der Waals surface area contributed by atoms with Crippen molar-refractivity contribution in [3.8, 4) is 12.1 Å². The van der Waals surface area contributed by atoms with Gasteiger partial charge in [-0.05, 0) is 32.7 Å². The van der Waals surface area contributed by atoms with Crippen LogP contribution in [0.3, 0.4) is 0 Å². The number of rotatable bonds is 2. The normalized spacial score (nSPS) is 49.3. The third-order valence-electron chi connectivity index (χ3n) is 7.10. The molecular formula is C16H21N5O2. The van der Waals surface area contributed by atoms with Crippen molar-refractivity contribution in [3.63, 3.8) is 0 Å². The van der Waals surface area contributed by atoms with Crippen molar-refractivity contribution in [3.05, 3.63) is 0 Å². The number of nitriles is 2. The van der Waals surface area contributed by atoms with Gasteiger partial charge >= 0.3 is 0 Å². The van der Waals surface area contributed by atoms with E-state index in [2.05, 4.69) is 29.1 Å². The van der Waals surface area contributed by atoms with Crippen LogP contribution >= 0.6 is 0 Å². The molecule has 2 saturated heterocycles. The fourth-order valence-corrected chi connectivity index (χ4v) is 6.07. The SMILES string of the molecule is COC1(OC)N=C(N)[C@@]2(C#N)C3(C[C@H]4CC[C@@H](C3)N4C)[C@]12C#N. The van der Waals surface area contributed by atoms with Crippen LogP contribution in [0.25, 0.3) is 0 Å². The number of nitrogens with two attached hydrogens (primary N) is 1. The second kappa shape index (κ2) is 4.05. The molecule has 0 amide bonds. The summed E-state index contributed by atoms with van der Waals surface area (Å²) in [6.07, 6.45) is 3.70. The lowest BCUT2D eigenvalue weighted by Crippen LogP contribution is -2.49. The van der Waals surface area contributed by atoms with Crippen molar-refractivity contribution in [2.75, 3.05) is 21.3 Å². The van der Waals surface area contributed by atoms with Crippen molar-refractivity contribution in [1.29, 1.82) is 10.5 Å². The largest absolute Gasteiger partial charge is 0.386 e. The highest BCUT2D eigenvalue weighted by atomic mass is 16.7. The number of ether oxygens (including phenoxy) is 2. The maximum Gasteiger partial charge on any atom is 0.292 e. The van der Waals surface area contributed by atoms with E-state index in [0.29, 0.717) is 12.1 Å². The van der Waals surface area contributed by atoms with E-state index in [1.54, 1.807) is 0 Å². The number of methoxy groups -OCH3 is 2. The predicted octanol–water partition coefficient (Wildman–Crippen LogP) is 0.580. The summed E-state index contributed by atoms with van der Waals surface area (Å²) in [6.45, 7) is 0. The lowest BCUT2D eigenvalue weighted by Gasteiger charge is -2.41. The molecule has 0 aromatic heterocycles.